The summed E-state index contributed by atoms with van der Waals surface area (Å²) >= 11 is 0. The molecule has 9 heteroatoms. The second-order valence-electron chi connectivity index (χ2n) is 9.39. The van der Waals surface area contributed by atoms with Crippen LogP contribution in [0, 0.1) is 23.4 Å². The molecule has 1 aliphatic heterocycles. The Bertz CT molecular complexity index is 1260. The van der Waals surface area contributed by atoms with Crippen molar-refractivity contribution in [1.29, 1.82) is 0 Å². The van der Waals surface area contributed by atoms with E-state index in [4.69, 9.17) is 15.2 Å². The van der Waals surface area contributed by atoms with Crippen LogP contribution in [-0.4, -0.2) is 40.8 Å². The summed E-state index contributed by atoms with van der Waals surface area (Å²) in [6, 6.07) is 6.95. The topological polar surface area (TPSA) is 87.3 Å². The first-order valence-corrected chi connectivity index (χ1v) is 11.9. The second-order valence-corrected chi connectivity index (χ2v) is 9.39. The van der Waals surface area contributed by atoms with E-state index in [1.165, 1.54) is 12.1 Å². The Hall–Kier alpha value is -3.14. The molecule has 2 aromatic heterocycles. The van der Waals surface area contributed by atoms with Crippen LogP contribution in [0.15, 0.2) is 48.8 Å². The molecule has 3 heterocycles. The first-order chi connectivity index (χ1) is 17.3. The Labute approximate surface area is 206 Å². The SMILES string of the molecule is C[C@H]1C[C@@H](c2ccncc2CC(=O)c2ccc(F)c(-c3c(F)cccc3F)n2)C[C@@H](N)C12OCCO2. The number of benzene rings is 1. The fourth-order valence-electron chi connectivity index (χ4n) is 5.46. The summed E-state index contributed by atoms with van der Waals surface area (Å²) in [6.45, 7) is 3.08. The fourth-order valence-corrected chi connectivity index (χ4v) is 5.46. The largest absolute Gasteiger partial charge is 0.346 e. The number of hydrogen-bond donors (Lipinski definition) is 1. The number of nitrogens with zero attached hydrogens (tertiary/aromatic N) is 2. The van der Waals surface area contributed by atoms with Gasteiger partial charge in [-0.1, -0.05) is 13.0 Å². The fraction of sp³-hybridized carbons (Fsp3) is 0.370. The molecule has 1 aliphatic carbocycles. The lowest BCUT2D eigenvalue weighted by Gasteiger charge is -2.45. The van der Waals surface area contributed by atoms with Gasteiger partial charge in [0.15, 0.2) is 11.6 Å². The van der Waals surface area contributed by atoms with Gasteiger partial charge < -0.3 is 15.2 Å². The number of ketones is 1. The molecule has 2 N–H and O–H groups in total. The first kappa shape index (κ1) is 24.5. The minimum absolute atomic E-state index is 0.0439. The molecule has 1 saturated carbocycles. The van der Waals surface area contributed by atoms with E-state index >= 15 is 0 Å². The molecule has 5 rings (SSSR count). The lowest BCUT2D eigenvalue weighted by atomic mass is 9.71. The van der Waals surface area contributed by atoms with Crippen LogP contribution in [0.4, 0.5) is 13.2 Å². The van der Waals surface area contributed by atoms with E-state index in [0.717, 1.165) is 30.2 Å². The van der Waals surface area contributed by atoms with Gasteiger partial charge in [-0.25, -0.2) is 18.2 Å². The van der Waals surface area contributed by atoms with Crippen molar-refractivity contribution in [2.45, 2.75) is 43.9 Å². The molecule has 6 nitrogen and oxygen atoms in total. The van der Waals surface area contributed by atoms with Crippen LogP contribution in [0.3, 0.4) is 0 Å². The summed E-state index contributed by atoms with van der Waals surface area (Å²) in [5.41, 5.74) is 6.90. The minimum atomic E-state index is -0.962. The maximum atomic E-state index is 14.5. The predicted octanol–water partition coefficient (Wildman–Crippen LogP) is 4.57. The minimum Gasteiger partial charge on any atom is -0.346 e. The van der Waals surface area contributed by atoms with Gasteiger partial charge in [0.1, 0.15) is 28.8 Å². The molecule has 0 amide bonds. The number of nitrogens with two attached hydrogens (primary N) is 1. The molecule has 2 aliphatic rings. The average Bonchev–Trinajstić information content (AvgIpc) is 3.35. The lowest BCUT2D eigenvalue weighted by Crippen LogP contribution is -2.57. The van der Waals surface area contributed by atoms with Gasteiger partial charge in [-0.2, -0.15) is 0 Å². The zero-order valence-electron chi connectivity index (χ0n) is 19.7. The van der Waals surface area contributed by atoms with Crippen molar-refractivity contribution in [3.05, 3.63) is 83.1 Å². The molecule has 1 saturated heterocycles. The summed E-state index contributed by atoms with van der Waals surface area (Å²) < 4.78 is 54.8. The van der Waals surface area contributed by atoms with E-state index in [1.54, 1.807) is 12.4 Å². The lowest BCUT2D eigenvalue weighted by molar-refractivity contribution is -0.221. The van der Waals surface area contributed by atoms with Gasteiger partial charge in [-0.05, 0) is 60.2 Å². The molecule has 0 radical (unpaired) electrons. The van der Waals surface area contributed by atoms with Gasteiger partial charge in [-0.15, -0.1) is 0 Å². The number of hydrogen-bond acceptors (Lipinski definition) is 6. The summed E-state index contributed by atoms with van der Waals surface area (Å²) in [5, 5.41) is 0. The number of carbonyl (C=O) groups is 1. The molecular formula is C27H26F3N3O3. The van der Waals surface area contributed by atoms with Gasteiger partial charge in [0.05, 0.1) is 24.8 Å². The monoisotopic (exact) mass is 497 g/mol. The zero-order valence-corrected chi connectivity index (χ0v) is 19.7. The molecule has 3 aromatic rings. The molecule has 36 heavy (non-hydrogen) atoms. The van der Waals surface area contributed by atoms with Crippen molar-refractivity contribution < 1.29 is 27.4 Å². The van der Waals surface area contributed by atoms with Crippen molar-refractivity contribution in [3.63, 3.8) is 0 Å². The number of rotatable bonds is 5. The highest BCUT2D eigenvalue weighted by atomic mass is 19.1. The van der Waals surface area contributed by atoms with E-state index in [9.17, 15) is 18.0 Å². The quantitative estimate of drug-likeness (QED) is 0.520. The first-order valence-electron chi connectivity index (χ1n) is 11.9. The Balaban J connectivity index is 1.41. The van der Waals surface area contributed by atoms with Crippen LogP contribution in [0.2, 0.25) is 0 Å². The molecule has 3 atom stereocenters. The highest BCUT2D eigenvalue weighted by Gasteiger charge is 2.51. The second kappa shape index (κ2) is 9.72. The Morgan fingerprint density at radius 3 is 2.47 bits per heavy atom. The van der Waals surface area contributed by atoms with Crippen LogP contribution >= 0.6 is 0 Å². The number of pyridine rings is 2. The number of Topliss-reactive ketones (excluding diaryl/α,β-unsaturated/α-hetero) is 1. The third-order valence-electron chi connectivity index (χ3n) is 7.18. The summed E-state index contributed by atoms with van der Waals surface area (Å²) in [4.78, 5) is 21.4. The van der Waals surface area contributed by atoms with Crippen LogP contribution < -0.4 is 5.73 Å². The normalized spacial score (nSPS) is 23.2. The van der Waals surface area contributed by atoms with Crippen LogP contribution in [0.25, 0.3) is 11.3 Å². The third kappa shape index (κ3) is 4.31. The van der Waals surface area contributed by atoms with Gasteiger partial charge in [0.25, 0.3) is 0 Å². The van der Waals surface area contributed by atoms with Gasteiger partial charge in [0.2, 0.25) is 0 Å². The van der Waals surface area contributed by atoms with Crippen LogP contribution in [0.5, 0.6) is 0 Å². The molecule has 1 spiro atoms. The molecule has 188 valence electrons. The molecule has 1 aromatic carbocycles. The van der Waals surface area contributed by atoms with Crippen molar-refractivity contribution in [2.75, 3.05) is 13.2 Å². The van der Waals surface area contributed by atoms with Crippen LogP contribution in [0.1, 0.15) is 47.3 Å². The van der Waals surface area contributed by atoms with E-state index in [-0.39, 0.29) is 30.0 Å². The number of aromatic nitrogens is 2. The van der Waals surface area contributed by atoms with E-state index < -0.39 is 40.3 Å². The average molecular weight is 498 g/mol. The number of carbonyl (C=O) groups excluding carboxylic acids is 1. The summed E-state index contributed by atoms with van der Waals surface area (Å²) in [7, 11) is 0. The van der Waals surface area contributed by atoms with E-state index in [1.807, 2.05) is 6.07 Å². The molecular weight excluding hydrogens is 471 g/mol. The number of ether oxygens (including phenoxy) is 2. The summed E-state index contributed by atoms with van der Waals surface area (Å²) in [5.74, 6) is -3.95. The molecule has 0 unspecified atom stereocenters. The maximum absolute atomic E-state index is 14.5. The smallest absolute Gasteiger partial charge is 0.186 e. The van der Waals surface area contributed by atoms with Crippen molar-refractivity contribution in [3.8, 4) is 11.3 Å². The highest BCUT2D eigenvalue weighted by Crippen LogP contribution is 2.46. The van der Waals surface area contributed by atoms with Gasteiger partial charge >= 0.3 is 0 Å². The van der Waals surface area contributed by atoms with Crippen molar-refractivity contribution in [1.82, 2.24) is 9.97 Å². The molecule has 2 fully saturated rings. The van der Waals surface area contributed by atoms with Crippen molar-refractivity contribution in [2.24, 2.45) is 11.7 Å². The van der Waals surface area contributed by atoms with Gasteiger partial charge in [0, 0.05) is 24.7 Å². The van der Waals surface area contributed by atoms with Crippen LogP contribution in [-0.2, 0) is 15.9 Å². The highest BCUT2D eigenvalue weighted by molar-refractivity contribution is 5.96. The van der Waals surface area contributed by atoms with E-state index in [2.05, 4.69) is 16.9 Å². The summed E-state index contributed by atoms with van der Waals surface area (Å²) in [6.07, 6.45) is 4.60. The third-order valence-corrected chi connectivity index (χ3v) is 7.18. The standard InChI is InChI=1S/C27H26F3N3O3/c1-15-11-16(13-24(31)27(15)35-9-10-36-27)18-7-8-32-14-17(18)12-23(34)22-6-5-21(30)26(33-22)25-19(28)3-2-4-20(25)29/h2-8,14-16,24H,9-13,31H2,1H3/t15-,16+,24+/m0/s1. The Kier molecular flexibility index (Phi) is 6.63. The molecule has 0 bridgehead atoms. The zero-order chi connectivity index (χ0) is 25.4. The predicted molar refractivity (Wildman–Crippen MR) is 126 cm³/mol. The number of halogens is 3. The van der Waals surface area contributed by atoms with E-state index in [0.29, 0.717) is 25.2 Å². The Morgan fingerprint density at radius 1 is 1.06 bits per heavy atom. The maximum Gasteiger partial charge on any atom is 0.186 e. The Morgan fingerprint density at radius 2 is 1.78 bits per heavy atom. The van der Waals surface area contributed by atoms with Gasteiger partial charge in [-0.3, -0.25) is 9.78 Å². The van der Waals surface area contributed by atoms with Crippen molar-refractivity contribution >= 4 is 5.78 Å².